The predicted molar refractivity (Wildman–Crippen MR) is 312 cm³/mol. The SMILES string of the molecule is CC(C)c1cc(C(C)C)c(-c2ccc3c(c2)c2cc(C(C)C)cc4c5ccc6c(cc7c8ccc(-c9c(C(C)C)cc(C(C)C)cc9C(C)C)cc8c8cc(C(C)C)cc6c87)c5cc3c42)c(C(C)C)c1. The molecule has 0 aliphatic rings. The first kappa shape index (κ1) is 46.4. The molecule has 11 rings (SSSR count). The number of fused-ring (bicyclic) bond motifs is 11. The van der Waals surface area contributed by atoms with Crippen molar-refractivity contribution in [3.8, 4) is 22.3 Å². The van der Waals surface area contributed by atoms with E-state index in [1.807, 2.05) is 0 Å². The molecule has 0 nitrogen and oxygen atoms in total. The van der Waals surface area contributed by atoms with E-state index in [9.17, 15) is 0 Å². The first-order chi connectivity index (χ1) is 33.3. The van der Waals surface area contributed by atoms with Crippen LogP contribution in [0.3, 0.4) is 0 Å². The Morgan fingerprint density at radius 3 is 0.700 bits per heavy atom. The summed E-state index contributed by atoms with van der Waals surface area (Å²) in [6.45, 7) is 37.7. The lowest BCUT2D eigenvalue weighted by molar-refractivity contribution is 0.807. The average Bonchev–Trinajstić information content (AvgIpc) is 3.81. The first-order valence-electron chi connectivity index (χ1n) is 27.0. The van der Waals surface area contributed by atoms with Crippen LogP contribution in [0, 0.1) is 0 Å². The molecule has 0 heteroatoms. The summed E-state index contributed by atoms with van der Waals surface area (Å²) in [6, 6.07) is 45.1. The second-order valence-electron chi connectivity index (χ2n) is 24.0. The Kier molecular flexibility index (Phi) is 11.2. The van der Waals surface area contributed by atoms with Gasteiger partial charge in [-0.2, -0.15) is 0 Å². The van der Waals surface area contributed by atoms with Gasteiger partial charge in [-0.05, 0) is 225 Å². The summed E-state index contributed by atoms with van der Waals surface area (Å²) in [5.74, 6) is 3.44. The molecule has 0 radical (unpaired) electrons. The van der Waals surface area contributed by atoms with Gasteiger partial charge in [-0.1, -0.05) is 196 Å². The minimum Gasteiger partial charge on any atom is -0.0587 e. The zero-order chi connectivity index (χ0) is 49.5. The third-order valence-corrected chi connectivity index (χ3v) is 16.7. The smallest absolute Gasteiger partial charge is 0.00197 e. The molecule has 0 atom stereocenters. The Morgan fingerprint density at radius 1 is 0.200 bits per heavy atom. The van der Waals surface area contributed by atoms with Crippen molar-refractivity contribution in [3.05, 3.63) is 154 Å². The van der Waals surface area contributed by atoms with Gasteiger partial charge in [-0.3, -0.25) is 0 Å². The van der Waals surface area contributed by atoms with Gasteiger partial charge in [0.15, 0.2) is 0 Å². The summed E-state index contributed by atoms with van der Waals surface area (Å²) in [6.07, 6.45) is 0. The number of hydrogen-bond acceptors (Lipinski definition) is 0. The third-order valence-electron chi connectivity index (χ3n) is 16.7. The molecule has 0 spiro atoms. The van der Waals surface area contributed by atoms with Gasteiger partial charge in [-0.15, -0.1) is 0 Å². The Bertz CT molecular complexity index is 3560. The molecule has 0 N–H and O–H groups in total. The van der Waals surface area contributed by atoms with Crippen LogP contribution in [0.2, 0.25) is 0 Å². The number of hydrogen-bond donors (Lipinski definition) is 0. The Morgan fingerprint density at radius 2 is 0.429 bits per heavy atom. The third kappa shape index (κ3) is 7.05. The Balaban J connectivity index is 1.22. The highest BCUT2D eigenvalue weighted by molar-refractivity contribution is 6.40. The Hall–Kier alpha value is -5.98. The maximum Gasteiger partial charge on any atom is -0.00197 e. The topological polar surface area (TPSA) is 0 Å². The highest BCUT2D eigenvalue weighted by atomic mass is 14.3. The molecule has 0 fully saturated rings. The molecule has 11 aromatic carbocycles. The summed E-state index contributed by atoms with van der Waals surface area (Å²) in [5, 5.41) is 21.9. The molecule has 0 aliphatic carbocycles. The van der Waals surface area contributed by atoms with Gasteiger partial charge >= 0.3 is 0 Å². The number of rotatable bonds is 10. The lowest BCUT2D eigenvalue weighted by Gasteiger charge is -2.23. The predicted octanol–water partition coefficient (Wildman–Crippen LogP) is 22.1. The highest BCUT2D eigenvalue weighted by Crippen LogP contribution is 2.51. The summed E-state index contributed by atoms with van der Waals surface area (Å²) < 4.78 is 0. The van der Waals surface area contributed by atoms with E-state index in [4.69, 9.17) is 0 Å². The summed E-state index contributed by atoms with van der Waals surface area (Å²) in [5.41, 5.74) is 17.1. The molecule has 0 aromatic heterocycles. The quantitative estimate of drug-likeness (QED) is 0.120. The second-order valence-corrected chi connectivity index (χ2v) is 24.0. The van der Waals surface area contributed by atoms with Gasteiger partial charge in [0.1, 0.15) is 0 Å². The van der Waals surface area contributed by atoms with E-state index in [-0.39, 0.29) is 0 Å². The van der Waals surface area contributed by atoms with Crippen molar-refractivity contribution in [1.29, 1.82) is 0 Å². The van der Waals surface area contributed by atoms with Crippen LogP contribution in [0.25, 0.3) is 108 Å². The van der Waals surface area contributed by atoms with Crippen LogP contribution in [0.1, 0.15) is 203 Å². The van der Waals surface area contributed by atoms with Gasteiger partial charge in [0.2, 0.25) is 0 Å². The zero-order valence-electron chi connectivity index (χ0n) is 45.0. The fourth-order valence-corrected chi connectivity index (χ4v) is 12.6. The van der Waals surface area contributed by atoms with Crippen LogP contribution < -0.4 is 0 Å². The van der Waals surface area contributed by atoms with Gasteiger partial charge in [0, 0.05) is 0 Å². The van der Waals surface area contributed by atoms with Gasteiger partial charge in [0.05, 0.1) is 0 Å². The van der Waals surface area contributed by atoms with Crippen molar-refractivity contribution in [2.24, 2.45) is 0 Å². The van der Waals surface area contributed by atoms with Crippen molar-refractivity contribution in [1.82, 2.24) is 0 Å². The van der Waals surface area contributed by atoms with Crippen molar-refractivity contribution in [2.45, 2.75) is 158 Å². The number of benzene rings is 9. The normalized spacial score (nSPS) is 13.0. The lowest BCUT2D eigenvalue weighted by Crippen LogP contribution is -2.03. The van der Waals surface area contributed by atoms with Crippen molar-refractivity contribution in [3.63, 3.8) is 0 Å². The molecule has 0 unspecified atom stereocenters. The molecule has 0 amide bonds. The van der Waals surface area contributed by atoms with E-state index in [1.54, 1.807) is 0 Å². The highest BCUT2D eigenvalue weighted by Gasteiger charge is 2.25. The molecule has 11 aromatic rings. The van der Waals surface area contributed by atoms with E-state index < -0.39 is 0 Å². The van der Waals surface area contributed by atoms with Gasteiger partial charge in [0.25, 0.3) is 0 Å². The summed E-state index contributed by atoms with van der Waals surface area (Å²) >= 11 is 0. The standard InChI is InChI=1S/C70H74/c1-35(2)45-25-53(39(9)10)67(54(26-45)40(11)12)43-17-19-49-57(23-43)63-31-47(37(5)6)29-61-51-21-22-52-60(59(51)33-65(49)69(61)63)34-66-50-20-18-44(24-58(50)64-32-48(38(7)8)30-62(52)70(64)66)68-55(41(13)14)27-46(36(3)4)28-56(68)42(15)16/h17-42H,1-16H3. The zero-order valence-corrected chi connectivity index (χ0v) is 45.0. The van der Waals surface area contributed by atoms with Gasteiger partial charge < -0.3 is 0 Å². The second kappa shape index (κ2) is 16.8. The molecule has 0 aliphatic heterocycles. The molecular weight excluding hydrogens is 841 g/mol. The molecule has 0 saturated carbocycles. The monoisotopic (exact) mass is 915 g/mol. The fraction of sp³-hybridized carbons (Fsp3) is 0.343. The molecular formula is C70H74. The fourth-order valence-electron chi connectivity index (χ4n) is 12.6. The molecule has 354 valence electrons. The minimum absolute atomic E-state index is 0.399. The van der Waals surface area contributed by atoms with Crippen LogP contribution in [0.15, 0.2) is 109 Å². The largest absolute Gasteiger partial charge is 0.0587 e. The Labute approximate surface area is 418 Å². The van der Waals surface area contributed by atoms with Crippen LogP contribution in [-0.2, 0) is 0 Å². The van der Waals surface area contributed by atoms with Crippen LogP contribution in [-0.4, -0.2) is 0 Å². The molecule has 0 saturated heterocycles. The van der Waals surface area contributed by atoms with E-state index >= 15 is 0 Å². The maximum atomic E-state index is 2.58. The lowest BCUT2D eigenvalue weighted by atomic mass is 9.81. The van der Waals surface area contributed by atoms with E-state index in [1.165, 1.54) is 153 Å². The summed E-state index contributed by atoms with van der Waals surface area (Å²) in [4.78, 5) is 0. The summed E-state index contributed by atoms with van der Waals surface area (Å²) in [7, 11) is 0. The van der Waals surface area contributed by atoms with E-state index in [2.05, 4.69) is 220 Å². The van der Waals surface area contributed by atoms with Crippen LogP contribution >= 0.6 is 0 Å². The van der Waals surface area contributed by atoms with Gasteiger partial charge in [-0.25, -0.2) is 0 Å². The van der Waals surface area contributed by atoms with Crippen molar-refractivity contribution in [2.75, 3.05) is 0 Å². The average molecular weight is 915 g/mol. The molecule has 70 heavy (non-hydrogen) atoms. The van der Waals surface area contributed by atoms with Crippen LogP contribution in [0.4, 0.5) is 0 Å². The van der Waals surface area contributed by atoms with Crippen LogP contribution in [0.5, 0.6) is 0 Å². The van der Waals surface area contributed by atoms with Crippen molar-refractivity contribution < 1.29 is 0 Å². The first-order valence-corrected chi connectivity index (χ1v) is 27.0. The minimum atomic E-state index is 0.399. The molecule has 0 bridgehead atoms. The van der Waals surface area contributed by atoms with E-state index in [0.29, 0.717) is 47.3 Å². The van der Waals surface area contributed by atoms with E-state index in [0.717, 1.165) is 0 Å². The van der Waals surface area contributed by atoms with Crippen molar-refractivity contribution >= 4 is 86.2 Å². The maximum absolute atomic E-state index is 2.58. The molecule has 0 heterocycles.